The van der Waals surface area contributed by atoms with Crippen LogP contribution in [0.1, 0.15) is 65.8 Å². The van der Waals surface area contributed by atoms with Gasteiger partial charge in [0, 0.05) is 56.6 Å². The summed E-state index contributed by atoms with van der Waals surface area (Å²) in [5.74, 6) is 0.727. The van der Waals surface area contributed by atoms with Crippen molar-refractivity contribution < 1.29 is 14.3 Å². The Bertz CT molecular complexity index is 1010. The van der Waals surface area contributed by atoms with Gasteiger partial charge in [-0.1, -0.05) is 30.3 Å². The molecule has 1 unspecified atom stereocenters. The number of aromatic amines is 1. The molecule has 1 aromatic carbocycles. The molecule has 0 saturated carbocycles. The molecule has 1 atom stereocenters. The molecule has 2 fully saturated rings. The zero-order chi connectivity index (χ0) is 24.2. The summed E-state index contributed by atoms with van der Waals surface area (Å²) >= 11 is 0. The molecule has 3 aliphatic rings. The van der Waals surface area contributed by atoms with Crippen LogP contribution < -0.4 is 0 Å². The molecule has 1 aliphatic carbocycles. The molecule has 7 heteroatoms. The van der Waals surface area contributed by atoms with Crippen LogP contribution in [0.3, 0.4) is 0 Å². The zero-order valence-corrected chi connectivity index (χ0v) is 20.9. The molecule has 1 N–H and O–H groups in total. The van der Waals surface area contributed by atoms with Crippen LogP contribution in [0.25, 0.3) is 0 Å². The summed E-state index contributed by atoms with van der Waals surface area (Å²) in [6.45, 7) is 2.78. The Balaban J connectivity index is 1.27. The topological polar surface area (TPSA) is 78.5 Å². The molecule has 188 valence electrons. The molecule has 0 spiro atoms. The van der Waals surface area contributed by atoms with Crippen LogP contribution >= 0.6 is 0 Å². The summed E-state index contributed by atoms with van der Waals surface area (Å²) in [5, 5.41) is 7.52. The standard InChI is InChI=1S/C28H38N4O3/c1-31(27(33)22-13-17-35-18-14-22)25(19-20-7-3-2-4-8-20)21-11-15-32(16-12-21)28(34)26-23-9-5-6-10-24(23)29-30-26/h2-4,7-8,21-22,25H,5-6,9-19H2,1H3,(H,29,30). The number of hydrogen-bond acceptors (Lipinski definition) is 4. The molecule has 7 nitrogen and oxygen atoms in total. The Labute approximate surface area is 208 Å². The first kappa shape index (κ1) is 24.0. The van der Waals surface area contributed by atoms with Crippen molar-refractivity contribution in [1.82, 2.24) is 20.0 Å². The van der Waals surface area contributed by atoms with Crippen LogP contribution in [-0.4, -0.2) is 71.2 Å². The Morgan fingerprint density at radius 3 is 2.54 bits per heavy atom. The molecule has 35 heavy (non-hydrogen) atoms. The molecule has 5 rings (SSSR count). The van der Waals surface area contributed by atoms with Crippen LogP contribution in [0, 0.1) is 11.8 Å². The molecule has 2 aliphatic heterocycles. The first-order valence-electron chi connectivity index (χ1n) is 13.4. The maximum atomic E-state index is 13.4. The van der Waals surface area contributed by atoms with E-state index in [-0.39, 0.29) is 23.8 Å². The minimum Gasteiger partial charge on any atom is -0.381 e. The minimum atomic E-state index is 0.0551. The number of aryl methyl sites for hydroxylation is 1. The van der Waals surface area contributed by atoms with Crippen LogP contribution in [0.15, 0.2) is 30.3 Å². The largest absolute Gasteiger partial charge is 0.381 e. The van der Waals surface area contributed by atoms with E-state index in [2.05, 4.69) is 34.5 Å². The van der Waals surface area contributed by atoms with E-state index in [0.29, 0.717) is 24.8 Å². The van der Waals surface area contributed by atoms with Gasteiger partial charge in [-0.05, 0) is 69.3 Å². The van der Waals surface area contributed by atoms with Crippen LogP contribution in [0.4, 0.5) is 0 Å². The number of carbonyl (C=O) groups is 2. The number of nitrogens with zero attached hydrogens (tertiary/aromatic N) is 3. The molecule has 3 heterocycles. The van der Waals surface area contributed by atoms with Gasteiger partial charge in [0.15, 0.2) is 5.69 Å². The maximum absolute atomic E-state index is 13.4. The van der Waals surface area contributed by atoms with Crippen LogP contribution in [0.5, 0.6) is 0 Å². The Morgan fingerprint density at radius 1 is 1.09 bits per heavy atom. The number of rotatable bonds is 6. The highest BCUT2D eigenvalue weighted by Crippen LogP contribution is 2.30. The van der Waals surface area contributed by atoms with Gasteiger partial charge in [-0.3, -0.25) is 14.7 Å². The Hall–Kier alpha value is -2.67. The molecular formula is C28H38N4O3. The number of benzene rings is 1. The van der Waals surface area contributed by atoms with Gasteiger partial charge in [-0.2, -0.15) is 5.10 Å². The summed E-state index contributed by atoms with van der Waals surface area (Å²) in [4.78, 5) is 30.7. The Morgan fingerprint density at radius 2 is 1.80 bits per heavy atom. The number of hydrogen-bond donors (Lipinski definition) is 1. The highest BCUT2D eigenvalue weighted by Gasteiger charge is 2.36. The second kappa shape index (κ2) is 10.9. The first-order valence-corrected chi connectivity index (χ1v) is 13.4. The predicted molar refractivity (Wildman–Crippen MR) is 134 cm³/mol. The smallest absolute Gasteiger partial charge is 0.274 e. The van der Waals surface area contributed by atoms with E-state index in [1.807, 2.05) is 22.9 Å². The second-order valence-corrected chi connectivity index (χ2v) is 10.5. The lowest BCUT2D eigenvalue weighted by atomic mass is 9.84. The molecule has 0 bridgehead atoms. The molecule has 2 saturated heterocycles. The van der Waals surface area contributed by atoms with Crippen molar-refractivity contribution in [1.29, 1.82) is 0 Å². The van der Waals surface area contributed by atoms with Crippen molar-refractivity contribution >= 4 is 11.8 Å². The highest BCUT2D eigenvalue weighted by molar-refractivity contribution is 5.94. The van der Waals surface area contributed by atoms with Crippen molar-refractivity contribution in [3.8, 4) is 0 Å². The summed E-state index contributed by atoms with van der Waals surface area (Å²) in [7, 11) is 1.99. The number of amides is 2. The molecule has 2 amide bonds. The minimum absolute atomic E-state index is 0.0551. The number of nitrogens with one attached hydrogen (secondary N) is 1. The Kier molecular flexibility index (Phi) is 7.51. The summed E-state index contributed by atoms with van der Waals surface area (Å²) in [5.41, 5.74) is 4.16. The number of fused-ring (bicyclic) bond motifs is 1. The second-order valence-electron chi connectivity index (χ2n) is 10.5. The van der Waals surface area contributed by atoms with Gasteiger partial charge in [0.05, 0.1) is 0 Å². The van der Waals surface area contributed by atoms with Crippen molar-refractivity contribution in [2.45, 2.75) is 63.8 Å². The molecule has 0 radical (unpaired) electrons. The van der Waals surface area contributed by atoms with Crippen molar-refractivity contribution in [2.75, 3.05) is 33.4 Å². The fraction of sp³-hybridized carbons (Fsp3) is 0.607. The van der Waals surface area contributed by atoms with E-state index in [4.69, 9.17) is 4.74 Å². The molecule has 1 aromatic heterocycles. The summed E-state index contributed by atoms with van der Waals surface area (Å²) < 4.78 is 5.49. The SMILES string of the molecule is CN(C(=O)C1CCOCC1)C(Cc1ccccc1)C1CCN(C(=O)c2n[nH]c3c2CCCC3)CC1. The number of likely N-dealkylation sites (tertiary alicyclic amines) is 1. The third kappa shape index (κ3) is 5.30. The average molecular weight is 479 g/mol. The molecule has 2 aromatic rings. The lowest BCUT2D eigenvalue weighted by Crippen LogP contribution is -2.50. The number of H-pyrrole nitrogens is 1. The van der Waals surface area contributed by atoms with Gasteiger partial charge in [0.1, 0.15) is 0 Å². The lowest BCUT2D eigenvalue weighted by molar-refractivity contribution is -0.140. The summed E-state index contributed by atoms with van der Waals surface area (Å²) in [6, 6.07) is 10.6. The third-order valence-corrected chi connectivity index (χ3v) is 8.33. The zero-order valence-electron chi connectivity index (χ0n) is 20.9. The van der Waals surface area contributed by atoms with E-state index in [9.17, 15) is 9.59 Å². The number of likely N-dealkylation sites (N-methyl/N-ethyl adjacent to an activating group) is 1. The van der Waals surface area contributed by atoms with Crippen LogP contribution in [-0.2, 0) is 28.8 Å². The summed E-state index contributed by atoms with van der Waals surface area (Å²) in [6.07, 6.45) is 8.50. The quantitative estimate of drug-likeness (QED) is 0.688. The van der Waals surface area contributed by atoms with Gasteiger partial charge < -0.3 is 14.5 Å². The fourth-order valence-corrected chi connectivity index (χ4v) is 6.17. The monoisotopic (exact) mass is 478 g/mol. The predicted octanol–water partition coefficient (Wildman–Crippen LogP) is 3.64. The van der Waals surface area contributed by atoms with Gasteiger partial charge >= 0.3 is 0 Å². The number of carbonyl (C=O) groups excluding carboxylic acids is 2. The van der Waals surface area contributed by atoms with E-state index in [0.717, 1.165) is 82.1 Å². The van der Waals surface area contributed by atoms with Gasteiger partial charge in [-0.25, -0.2) is 0 Å². The fourth-order valence-electron chi connectivity index (χ4n) is 6.17. The highest BCUT2D eigenvalue weighted by atomic mass is 16.5. The van der Waals surface area contributed by atoms with E-state index >= 15 is 0 Å². The van der Waals surface area contributed by atoms with E-state index < -0.39 is 0 Å². The van der Waals surface area contributed by atoms with E-state index in [1.54, 1.807) is 0 Å². The van der Waals surface area contributed by atoms with Crippen molar-refractivity contribution in [2.24, 2.45) is 11.8 Å². The van der Waals surface area contributed by atoms with Crippen LogP contribution in [0.2, 0.25) is 0 Å². The average Bonchev–Trinajstić information content (AvgIpc) is 3.36. The van der Waals surface area contributed by atoms with Gasteiger partial charge in [-0.15, -0.1) is 0 Å². The van der Waals surface area contributed by atoms with E-state index in [1.165, 1.54) is 5.56 Å². The van der Waals surface area contributed by atoms with Crippen molar-refractivity contribution in [3.05, 3.63) is 52.8 Å². The number of aromatic nitrogens is 2. The van der Waals surface area contributed by atoms with Gasteiger partial charge in [0.25, 0.3) is 5.91 Å². The lowest BCUT2D eigenvalue weighted by Gasteiger charge is -2.41. The first-order chi connectivity index (χ1) is 17.1. The number of ether oxygens (including phenoxy) is 1. The normalized spacial score (nSPS) is 20.3. The maximum Gasteiger partial charge on any atom is 0.274 e. The van der Waals surface area contributed by atoms with Crippen molar-refractivity contribution in [3.63, 3.8) is 0 Å². The molecular weight excluding hydrogens is 440 g/mol. The number of piperidine rings is 1. The van der Waals surface area contributed by atoms with Gasteiger partial charge in [0.2, 0.25) is 5.91 Å². The third-order valence-electron chi connectivity index (χ3n) is 8.33.